The highest BCUT2D eigenvalue weighted by Crippen LogP contribution is 2.44. The third kappa shape index (κ3) is 2.06. The number of methoxy groups -OCH3 is 3. The van der Waals surface area contributed by atoms with E-state index in [1.807, 2.05) is 0 Å². The van der Waals surface area contributed by atoms with Crippen LogP contribution in [0, 0.1) is 21.4 Å². The number of nitro groups is 1. The van der Waals surface area contributed by atoms with E-state index in [9.17, 15) is 10.1 Å². The predicted octanol–water partition coefficient (Wildman–Crippen LogP) is 1.49. The molecule has 0 N–H and O–H groups in total. The normalized spacial score (nSPS) is 9.29. The third-order valence-corrected chi connectivity index (χ3v) is 2.12. The van der Waals surface area contributed by atoms with Crippen molar-refractivity contribution in [2.75, 3.05) is 21.3 Å². The number of hydrogen-bond acceptors (Lipinski definition) is 6. The van der Waals surface area contributed by atoms with E-state index < -0.39 is 10.6 Å². The Morgan fingerprint density at radius 1 is 1.24 bits per heavy atom. The number of rotatable bonds is 4. The van der Waals surface area contributed by atoms with E-state index in [2.05, 4.69) is 0 Å². The van der Waals surface area contributed by atoms with E-state index in [1.165, 1.54) is 27.4 Å². The van der Waals surface area contributed by atoms with Crippen LogP contribution in [0.5, 0.6) is 17.2 Å². The summed E-state index contributed by atoms with van der Waals surface area (Å²) in [6, 6.07) is 3.08. The van der Waals surface area contributed by atoms with Crippen molar-refractivity contribution in [3.8, 4) is 23.3 Å². The minimum Gasteiger partial charge on any atom is -0.495 e. The number of ether oxygens (including phenoxy) is 3. The second kappa shape index (κ2) is 5.03. The molecule has 0 heterocycles. The highest BCUT2D eigenvalue weighted by molar-refractivity contribution is 5.69. The van der Waals surface area contributed by atoms with Crippen LogP contribution in [0.15, 0.2) is 6.07 Å². The van der Waals surface area contributed by atoms with Crippen LogP contribution < -0.4 is 14.2 Å². The Kier molecular flexibility index (Phi) is 3.72. The summed E-state index contributed by atoms with van der Waals surface area (Å²) in [5, 5.41) is 19.9. The molecular weight excluding hydrogens is 228 g/mol. The molecule has 0 bridgehead atoms. The molecule has 0 fully saturated rings. The molecule has 0 spiro atoms. The van der Waals surface area contributed by atoms with Crippen molar-refractivity contribution in [2.24, 2.45) is 0 Å². The quantitative estimate of drug-likeness (QED) is 0.582. The Morgan fingerprint density at radius 3 is 2.18 bits per heavy atom. The zero-order valence-electron chi connectivity index (χ0n) is 9.51. The van der Waals surface area contributed by atoms with Gasteiger partial charge in [0.05, 0.1) is 26.3 Å². The maximum absolute atomic E-state index is 10.9. The first kappa shape index (κ1) is 12.6. The summed E-state index contributed by atoms with van der Waals surface area (Å²) < 4.78 is 14.7. The lowest BCUT2D eigenvalue weighted by Crippen LogP contribution is -2.01. The number of nitriles is 1. The molecule has 0 aromatic heterocycles. The first-order valence-corrected chi connectivity index (χ1v) is 4.48. The number of nitro benzene ring substituents is 1. The molecule has 0 atom stereocenters. The number of hydrogen-bond donors (Lipinski definition) is 0. The van der Waals surface area contributed by atoms with Gasteiger partial charge in [0.25, 0.3) is 0 Å². The van der Waals surface area contributed by atoms with Crippen molar-refractivity contribution in [3.05, 3.63) is 21.7 Å². The molecule has 1 rings (SSSR count). The average Bonchev–Trinajstić information content (AvgIpc) is 2.35. The fraction of sp³-hybridized carbons (Fsp3) is 0.300. The van der Waals surface area contributed by atoms with Crippen LogP contribution >= 0.6 is 0 Å². The summed E-state index contributed by atoms with van der Waals surface area (Å²) in [5.41, 5.74) is -0.435. The van der Waals surface area contributed by atoms with Gasteiger partial charge in [-0.1, -0.05) is 0 Å². The molecule has 0 amide bonds. The number of benzene rings is 1. The van der Waals surface area contributed by atoms with Gasteiger partial charge < -0.3 is 14.2 Å². The summed E-state index contributed by atoms with van der Waals surface area (Å²) in [6.07, 6.45) is 0. The van der Waals surface area contributed by atoms with Crippen LogP contribution in [0.2, 0.25) is 0 Å². The van der Waals surface area contributed by atoms with Crippen molar-refractivity contribution >= 4 is 5.69 Å². The lowest BCUT2D eigenvalue weighted by atomic mass is 10.1. The second-order valence-electron chi connectivity index (χ2n) is 2.91. The molecule has 7 heteroatoms. The third-order valence-electron chi connectivity index (χ3n) is 2.12. The fourth-order valence-electron chi connectivity index (χ4n) is 1.40. The molecule has 7 nitrogen and oxygen atoms in total. The van der Waals surface area contributed by atoms with E-state index in [-0.39, 0.29) is 22.8 Å². The van der Waals surface area contributed by atoms with Crippen LogP contribution in [0.3, 0.4) is 0 Å². The molecule has 0 saturated carbocycles. The highest BCUT2D eigenvalue weighted by atomic mass is 16.6. The first-order valence-electron chi connectivity index (χ1n) is 4.48. The molecule has 0 aliphatic heterocycles. The summed E-state index contributed by atoms with van der Waals surface area (Å²) >= 11 is 0. The van der Waals surface area contributed by atoms with Crippen LogP contribution in [0.25, 0.3) is 0 Å². The van der Waals surface area contributed by atoms with E-state index in [4.69, 9.17) is 19.5 Å². The van der Waals surface area contributed by atoms with E-state index in [1.54, 1.807) is 6.07 Å². The predicted molar refractivity (Wildman–Crippen MR) is 57.5 cm³/mol. The maximum atomic E-state index is 10.9. The molecule has 0 unspecified atom stereocenters. The topological polar surface area (TPSA) is 94.6 Å². The molecule has 1 aromatic rings. The fourth-order valence-corrected chi connectivity index (χ4v) is 1.40. The minimum absolute atomic E-state index is 0.0253. The van der Waals surface area contributed by atoms with E-state index in [0.717, 1.165) is 0 Å². The van der Waals surface area contributed by atoms with Gasteiger partial charge in [0.2, 0.25) is 11.5 Å². The standard InChI is InChI=1S/C10H10N2O5/c1-15-7-4-8(16-2)9(12(13)14)10(17-3)6(7)5-11/h4H,1-3H3. The van der Waals surface area contributed by atoms with Crippen molar-refractivity contribution in [2.45, 2.75) is 0 Å². The molecule has 0 aliphatic carbocycles. The van der Waals surface area contributed by atoms with Gasteiger partial charge in [0, 0.05) is 6.07 Å². The maximum Gasteiger partial charge on any atom is 0.353 e. The van der Waals surface area contributed by atoms with Gasteiger partial charge in [-0.15, -0.1) is 0 Å². The largest absolute Gasteiger partial charge is 0.495 e. The molecular formula is C10H10N2O5. The van der Waals surface area contributed by atoms with Gasteiger partial charge in [-0.2, -0.15) is 5.26 Å². The van der Waals surface area contributed by atoms with Gasteiger partial charge in [-0.05, 0) is 0 Å². The second-order valence-corrected chi connectivity index (χ2v) is 2.91. The van der Waals surface area contributed by atoms with Crippen molar-refractivity contribution in [3.63, 3.8) is 0 Å². The summed E-state index contributed by atoms with van der Waals surface area (Å²) in [7, 11) is 3.87. The van der Waals surface area contributed by atoms with Crippen molar-refractivity contribution in [1.82, 2.24) is 0 Å². The number of nitrogens with zero attached hydrogens (tertiary/aromatic N) is 2. The van der Waals surface area contributed by atoms with Crippen LogP contribution in [-0.2, 0) is 0 Å². The van der Waals surface area contributed by atoms with Crippen LogP contribution in [0.1, 0.15) is 5.56 Å². The molecule has 1 aromatic carbocycles. The van der Waals surface area contributed by atoms with E-state index >= 15 is 0 Å². The van der Waals surface area contributed by atoms with Crippen molar-refractivity contribution < 1.29 is 19.1 Å². The summed E-state index contributed by atoms with van der Waals surface area (Å²) in [5.74, 6) is -0.0387. The zero-order chi connectivity index (χ0) is 13.0. The Morgan fingerprint density at radius 2 is 1.82 bits per heavy atom. The van der Waals surface area contributed by atoms with Gasteiger partial charge >= 0.3 is 5.69 Å². The lowest BCUT2D eigenvalue weighted by Gasteiger charge is -2.11. The first-order chi connectivity index (χ1) is 8.10. The Balaban J connectivity index is 3.69. The van der Waals surface area contributed by atoms with Crippen LogP contribution in [-0.4, -0.2) is 26.3 Å². The molecule has 0 aliphatic rings. The Hall–Kier alpha value is -2.49. The summed E-state index contributed by atoms with van der Waals surface area (Å²) in [6.45, 7) is 0. The summed E-state index contributed by atoms with van der Waals surface area (Å²) in [4.78, 5) is 10.3. The van der Waals surface area contributed by atoms with Gasteiger partial charge in [0.15, 0.2) is 0 Å². The molecule has 17 heavy (non-hydrogen) atoms. The van der Waals surface area contributed by atoms with Gasteiger partial charge in [-0.25, -0.2) is 0 Å². The average molecular weight is 238 g/mol. The van der Waals surface area contributed by atoms with Crippen molar-refractivity contribution in [1.29, 1.82) is 5.26 Å². The minimum atomic E-state index is -0.669. The van der Waals surface area contributed by atoms with Crippen LogP contribution in [0.4, 0.5) is 5.69 Å². The Bertz CT molecular complexity index is 492. The monoisotopic (exact) mass is 238 g/mol. The highest BCUT2D eigenvalue weighted by Gasteiger charge is 2.29. The molecule has 90 valence electrons. The lowest BCUT2D eigenvalue weighted by molar-refractivity contribution is -0.386. The zero-order valence-corrected chi connectivity index (χ0v) is 9.51. The van der Waals surface area contributed by atoms with E-state index in [0.29, 0.717) is 0 Å². The molecule has 0 saturated heterocycles. The smallest absolute Gasteiger partial charge is 0.353 e. The van der Waals surface area contributed by atoms with Gasteiger partial charge in [0.1, 0.15) is 17.4 Å². The molecule has 0 radical (unpaired) electrons. The van der Waals surface area contributed by atoms with Gasteiger partial charge in [-0.3, -0.25) is 10.1 Å². The SMILES string of the molecule is COc1cc(OC)c([N+](=O)[O-])c(OC)c1C#N. The Labute approximate surface area is 97.3 Å².